The second-order valence-corrected chi connectivity index (χ2v) is 4.09. The highest BCUT2D eigenvalue weighted by Crippen LogP contribution is 2.31. The molecule has 0 saturated carbocycles. The van der Waals surface area contributed by atoms with Gasteiger partial charge in [0.1, 0.15) is 5.82 Å². The summed E-state index contributed by atoms with van der Waals surface area (Å²) in [7, 11) is 0. The molecule has 1 heterocycles. The minimum atomic E-state index is -2.73. The molecular weight excluding hydrogens is 217 g/mol. The molecule has 2 rings (SSSR count). The van der Waals surface area contributed by atoms with Gasteiger partial charge in [-0.05, 0) is 24.6 Å². The highest BCUT2D eigenvalue weighted by atomic mass is 19.3. The summed E-state index contributed by atoms with van der Waals surface area (Å²) < 4.78 is 39.8. The molecule has 2 N–H and O–H groups in total. The number of nitrogens with two attached hydrogens (primary N) is 1. The summed E-state index contributed by atoms with van der Waals surface area (Å²) in [5, 5.41) is 0. The van der Waals surface area contributed by atoms with Crippen LogP contribution < -0.4 is 10.6 Å². The van der Waals surface area contributed by atoms with E-state index in [0.29, 0.717) is 18.7 Å². The summed E-state index contributed by atoms with van der Waals surface area (Å²) in [6, 6.07) is 4.12. The Balaban J connectivity index is 2.23. The molecule has 88 valence electrons. The largest absolute Gasteiger partial charge is 0.399 e. The molecule has 0 aromatic heterocycles. The average Bonchev–Trinajstić information content (AvgIpc) is 2.15. The van der Waals surface area contributed by atoms with Crippen LogP contribution in [0, 0.1) is 5.82 Å². The lowest BCUT2D eigenvalue weighted by molar-refractivity contribution is -0.0117. The monoisotopic (exact) mass is 230 g/mol. The third kappa shape index (κ3) is 2.23. The average molecular weight is 230 g/mol. The van der Waals surface area contributed by atoms with Crippen LogP contribution in [0.3, 0.4) is 0 Å². The summed E-state index contributed by atoms with van der Waals surface area (Å²) in [5.41, 5.74) is 5.90. The topological polar surface area (TPSA) is 29.3 Å². The van der Waals surface area contributed by atoms with Crippen molar-refractivity contribution in [1.82, 2.24) is 0 Å². The molecule has 1 saturated heterocycles. The second kappa shape index (κ2) is 3.88. The van der Waals surface area contributed by atoms with E-state index in [1.54, 1.807) is 0 Å². The first-order chi connectivity index (χ1) is 7.48. The number of alkyl halides is 2. The molecule has 0 bridgehead atoms. The van der Waals surface area contributed by atoms with Crippen molar-refractivity contribution in [2.24, 2.45) is 0 Å². The Morgan fingerprint density at radius 1 is 1.31 bits per heavy atom. The quantitative estimate of drug-likeness (QED) is 0.751. The van der Waals surface area contributed by atoms with Gasteiger partial charge in [0, 0.05) is 18.7 Å². The predicted molar refractivity (Wildman–Crippen MR) is 57.2 cm³/mol. The van der Waals surface area contributed by atoms with Gasteiger partial charge in [0.25, 0.3) is 5.92 Å². The molecule has 0 spiro atoms. The van der Waals surface area contributed by atoms with E-state index in [4.69, 9.17) is 5.73 Å². The van der Waals surface area contributed by atoms with Gasteiger partial charge in [-0.2, -0.15) is 0 Å². The number of hydrogen-bond donors (Lipinski definition) is 1. The second-order valence-electron chi connectivity index (χ2n) is 4.09. The number of piperidine rings is 1. The van der Waals surface area contributed by atoms with Gasteiger partial charge in [0.2, 0.25) is 0 Å². The van der Waals surface area contributed by atoms with Gasteiger partial charge in [-0.25, -0.2) is 13.2 Å². The maximum atomic E-state index is 13.5. The number of hydrogen-bond acceptors (Lipinski definition) is 2. The molecular formula is C11H13F3N2. The fourth-order valence-electron chi connectivity index (χ4n) is 1.95. The van der Waals surface area contributed by atoms with Gasteiger partial charge in [-0.1, -0.05) is 0 Å². The van der Waals surface area contributed by atoms with Gasteiger partial charge < -0.3 is 10.6 Å². The van der Waals surface area contributed by atoms with Gasteiger partial charge in [0.15, 0.2) is 0 Å². The van der Waals surface area contributed by atoms with E-state index in [1.807, 2.05) is 0 Å². The molecule has 1 aliphatic heterocycles. The zero-order chi connectivity index (χ0) is 11.8. The van der Waals surface area contributed by atoms with Crippen LogP contribution in [-0.4, -0.2) is 19.0 Å². The first kappa shape index (κ1) is 11.1. The van der Waals surface area contributed by atoms with Crippen LogP contribution in [0.5, 0.6) is 0 Å². The Labute approximate surface area is 91.8 Å². The fraction of sp³-hybridized carbons (Fsp3) is 0.455. The third-order valence-corrected chi connectivity index (χ3v) is 2.71. The Bertz CT molecular complexity index is 393. The van der Waals surface area contributed by atoms with E-state index < -0.39 is 18.3 Å². The van der Waals surface area contributed by atoms with Crippen molar-refractivity contribution in [1.29, 1.82) is 0 Å². The van der Waals surface area contributed by atoms with Crippen molar-refractivity contribution in [2.75, 3.05) is 23.7 Å². The standard InChI is InChI=1S/C11H13F3N2/c12-9-6-8(15)2-3-10(9)16-5-1-4-11(13,14)7-16/h2-3,6H,1,4-5,7,15H2. The molecule has 0 unspecified atom stereocenters. The summed E-state index contributed by atoms with van der Waals surface area (Å²) in [5.74, 6) is -3.27. The van der Waals surface area contributed by atoms with Crippen LogP contribution in [0.4, 0.5) is 24.5 Å². The highest BCUT2D eigenvalue weighted by molar-refractivity contribution is 5.54. The minimum absolute atomic E-state index is 0.125. The summed E-state index contributed by atoms with van der Waals surface area (Å²) >= 11 is 0. The van der Waals surface area contributed by atoms with Gasteiger partial charge in [-0.15, -0.1) is 0 Å². The Morgan fingerprint density at radius 3 is 2.69 bits per heavy atom. The SMILES string of the molecule is Nc1ccc(N2CCCC(F)(F)C2)c(F)c1. The van der Waals surface area contributed by atoms with Crippen molar-refractivity contribution >= 4 is 11.4 Å². The summed E-state index contributed by atoms with van der Waals surface area (Å²) in [6.45, 7) is 0.0320. The van der Waals surface area contributed by atoms with Crippen molar-refractivity contribution in [2.45, 2.75) is 18.8 Å². The summed E-state index contributed by atoms with van der Waals surface area (Å²) in [4.78, 5) is 1.37. The van der Waals surface area contributed by atoms with Crippen LogP contribution >= 0.6 is 0 Å². The maximum absolute atomic E-state index is 13.5. The van der Waals surface area contributed by atoms with Crippen LogP contribution in [0.2, 0.25) is 0 Å². The van der Waals surface area contributed by atoms with Crippen molar-refractivity contribution in [3.8, 4) is 0 Å². The number of nitrogen functional groups attached to an aromatic ring is 1. The lowest BCUT2D eigenvalue weighted by Crippen LogP contribution is -2.43. The number of anilines is 2. The Kier molecular flexibility index (Phi) is 2.69. The van der Waals surface area contributed by atoms with Gasteiger partial charge in [0.05, 0.1) is 12.2 Å². The smallest absolute Gasteiger partial charge is 0.265 e. The molecule has 0 aliphatic carbocycles. The normalized spacial score (nSPS) is 19.8. The molecule has 16 heavy (non-hydrogen) atoms. The fourth-order valence-corrected chi connectivity index (χ4v) is 1.95. The van der Waals surface area contributed by atoms with Gasteiger partial charge >= 0.3 is 0 Å². The van der Waals surface area contributed by atoms with Crippen LogP contribution in [0.25, 0.3) is 0 Å². The van der Waals surface area contributed by atoms with Crippen molar-refractivity contribution in [3.63, 3.8) is 0 Å². The van der Waals surface area contributed by atoms with Crippen LogP contribution in [-0.2, 0) is 0 Å². The minimum Gasteiger partial charge on any atom is -0.399 e. The third-order valence-electron chi connectivity index (χ3n) is 2.71. The molecule has 1 aliphatic rings. The van der Waals surface area contributed by atoms with Crippen molar-refractivity contribution in [3.05, 3.63) is 24.0 Å². The Morgan fingerprint density at radius 2 is 2.06 bits per heavy atom. The lowest BCUT2D eigenvalue weighted by Gasteiger charge is -2.34. The number of benzene rings is 1. The van der Waals surface area contributed by atoms with Crippen molar-refractivity contribution < 1.29 is 13.2 Å². The predicted octanol–water partition coefficient (Wildman–Crippen LogP) is 2.64. The van der Waals surface area contributed by atoms with Crippen LogP contribution in [0.15, 0.2) is 18.2 Å². The molecule has 0 radical (unpaired) electrons. The number of rotatable bonds is 1. The van der Waals surface area contributed by atoms with E-state index in [2.05, 4.69) is 0 Å². The maximum Gasteiger partial charge on any atom is 0.265 e. The molecule has 1 aromatic carbocycles. The van der Waals surface area contributed by atoms with Crippen LogP contribution in [0.1, 0.15) is 12.8 Å². The van der Waals surface area contributed by atoms with Gasteiger partial charge in [-0.3, -0.25) is 0 Å². The zero-order valence-corrected chi connectivity index (χ0v) is 8.72. The molecule has 1 fully saturated rings. The lowest BCUT2D eigenvalue weighted by atomic mass is 10.1. The van der Waals surface area contributed by atoms with E-state index in [0.717, 1.165) is 6.07 Å². The summed E-state index contributed by atoms with van der Waals surface area (Å²) in [6.07, 6.45) is 0.247. The van der Waals surface area contributed by atoms with E-state index in [1.165, 1.54) is 17.0 Å². The number of halogens is 3. The molecule has 0 atom stereocenters. The zero-order valence-electron chi connectivity index (χ0n) is 8.72. The molecule has 1 aromatic rings. The first-order valence-corrected chi connectivity index (χ1v) is 5.16. The Hall–Kier alpha value is -1.39. The molecule has 2 nitrogen and oxygen atoms in total. The molecule has 0 amide bonds. The van der Waals surface area contributed by atoms with E-state index >= 15 is 0 Å². The van der Waals surface area contributed by atoms with E-state index in [-0.39, 0.29) is 12.1 Å². The highest BCUT2D eigenvalue weighted by Gasteiger charge is 2.35. The first-order valence-electron chi connectivity index (χ1n) is 5.16. The number of nitrogens with zero attached hydrogens (tertiary/aromatic N) is 1. The van der Waals surface area contributed by atoms with E-state index in [9.17, 15) is 13.2 Å². The molecule has 5 heteroatoms.